The van der Waals surface area contributed by atoms with Gasteiger partial charge in [-0.15, -0.1) is 0 Å². The van der Waals surface area contributed by atoms with Gasteiger partial charge in [0.25, 0.3) is 0 Å². The van der Waals surface area contributed by atoms with Crippen LogP contribution in [0.5, 0.6) is 0 Å². The minimum absolute atomic E-state index is 0.0241. The Balaban J connectivity index is 2.07. The Hall–Kier alpha value is -2.02. The number of nitrogens with zero attached hydrogens (tertiary/aromatic N) is 1. The number of aliphatic carboxylic acids is 1. The zero-order valence-corrected chi connectivity index (χ0v) is 12.6. The Morgan fingerprint density at radius 1 is 1.35 bits per heavy atom. The molecule has 0 aliphatic carbocycles. The van der Waals surface area contributed by atoms with Gasteiger partial charge in [-0.1, -0.05) is 12.1 Å². The van der Waals surface area contributed by atoms with Crippen LogP contribution >= 0.6 is 0 Å². The number of halogens is 2. The van der Waals surface area contributed by atoms with Crippen LogP contribution in [0, 0.1) is 11.6 Å². The van der Waals surface area contributed by atoms with Crippen LogP contribution in [-0.4, -0.2) is 41.1 Å². The molecule has 0 spiro atoms. The lowest BCUT2D eigenvalue weighted by atomic mass is 10.1. The molecule has 1 heterocycles. The van der Waals surface area contributed by atoms with E-state index in [1.165, 1.54) is 17.0 Å². The van der Waals surface area contributed by atoms with Crippen molar-refractivity contribution >= 4 is 11.9 Å². The number of carbonyl (C=O) groups is 2. The summed E-state index contributed by atoms with van der Waals surface area (Å²) in [6, 6.07) is 3.73. The van der Waals surface area contributed by atoms with Gasteiger partial charge >= 0.3 is 5.97 Å². The molecule has 1 aliphatic rings. The number of hydrogen-bond acceptors (Lipinski definition) is 3. The lowest BCUT2D eigenvalue weighted by Crippen LogP contribution is -2.35. The topological polar surface area (TPSA) is 66.8 Å². The lowest BCUT2D eigenvalue weighted by molar-refractivity contribution is -0.139. The second-order valence-electron chi connectivity index (χ2n) is 5.51. The maximum absolute atomic E-state index is 13.8. The van der Waals surface area contributed by atoms with Gasteiger partial charge in [0.15, 0.2) is 11.6 Å². The van der Waals surface area contributed by atoms with Crippen molar-refractivity contribution in [2.75, 3.05) is 13.2 Å². The number of amides is 1. The second-order valence-corrected chi connectivity index (χ2v) is 5.51. The van der Waals surface area contributed by atoms with Gasteiger partial charge in [-0.3, -0.25) is 9.59 Å². The van der Waals surface area contributed by atoms with Crippen molar-refractivity contribution in [3.05, 3.63) is 35.4 Å². The fourth-order valence-electron chi connectivity index (χ4n) is 2.53. The van der Waals surface area contributed by atoms with E-state index < -0.39 is 17.6 Å². The summed E-state index contributed by atoms with van der Waals surface area (Å²) in [5.41, 5.74) is 0.0241. The van der Waals surface area contributed by atoms with Crippen molar-refractivity contribution in [3.8, 4) is 0 Å². The molecule has 1 fully saturated rings. The molecular weight excluding hydrogens is 308 g/mol. The number of carboxylic acids is 1. The fourth-order valence-corrected chi connectivity index (χ4v) is 2.53. The van der Waals surface area contributed by atoms with Gasteiger partial charge < -0.3 is 14.7 Å². The van der Waals surface area contributed by atoms with E-state index in [2.05, 4.69) is 0 Å². The van der Waals surface area contributed by atoms with E-state index in [0.717, 1.165) is 18.9 Å². The van der Waals surface area contributed by atoms with Crippen LogP contribution in [0.1, 0.15) is 31.2 Å². The molecule has 2 rings (SSSR count). The molecule has 0 unspecified atom stereocenters. The summed E-state index contributed by atoms with van der Waals surface area (Å²) in [5, 5.41) is 8.80. The first-order valence-corrected chi connectivity index (χ1v) is 7.51. The van der Waals surface area contributed by atoms with E-state index in [1.54, 1.807) is 0 Å². The Bertz CT molecular complexity index is 573. The zero-order valence-electron chi connectivity index (χ0n) is 12.6. The van der Waals surface area contributed by atoms with Gasteiger partial charge in [0.1, 0.15) is 0 Å². The molecule has 0 aromatic heterocycles. The quantitative estimate of drug-likeness (QED) is 0.835. The number of benzene rings is 1. The third-order valence-corrected chi connectivity index (χ3v) is 3.77. The van der Waals surface area contributed by atoms with Gasteiger partial charge in [-0.05, 0) is 18.9 Å². The number of rotatable bonds is 7. The van der Waals surface area contributed by atoms with Crippen molar-refractivity contribution in [1.29, 1.82) is 0 Å². The molecule has 5 nitrogen and oxygen atoms in total. The molecule has 7 heteroatoms. The van der Waals surface area contributed by atoms with E-state index >= 15 is 0 Å². The first-order valence-electron chi connectivity index (χ1n) is 7.51. The fraction of sp³-hybridized carbons (Fsp3) is 0.500. The molecule has 1 aromatic carbocycles. The van der Waals surface area contributed by atoms with E-state index in [1.807, 2.05) is 0 Å². The maximum Gasteiger partial charge on any atom is 0.305 e. The number of carboxylic acid groups (broad SMARTS) is 1. The van der Waals surface area contributed by atoms with Gasteiger partial charge in [-0.25, -0.2) is 8.78 Å². The Kier molecular flexibility index (Phi) is 6.04. The van der Waals surface area contributed by atoms with Gasteiger partial charge in [0, 0.05) is 25.3 Å². The average molecular weight is 327 g/mol. The Morgan fingerprint density at radius 2 is 2.13 bits per heavy atom. The molecule has 23 heavy (non-hydrogen) atoms. The molecule has 0 bridgehead atoms. The van der Waals surface area contributed by atoms with Gasteiger partial charge in [-0.2, -0.15) is 0 Å². The predicted octanol–water partition coefficient (Wildman–Crippen LogP) is 2.34. The minimum Gasteiger partial charge on any atom is -0.481 e. The normalized spacial score (nSPS) is 17.2. The van der Waals surface area contributed by atoms with Crippen molar-refractivity contribution in [3.63, 3.8) is 0 Å². The minimum atomic E-state index is -1.06. The first-order chi connectivity index (χ1) is 11.0. The van der Waals surface area contributed by atoms with Crippen molar-refractivity contribution in [2.45, 2.75) is 38.3 Å². The maximum atomic E-state index is 13.8. The van der Waals surface area contributed by atoms with Crippen LogP contribution in [0.3, 0.4) is 0 Å². The predicted molar refractivity (Wildman–Crippen MR) is 77.6 cm³/mol. The molecule has 1 aromatic rings. The summed E-state index contributed by atoms with van der Waals surface area (Å²) < 4.78 is 32.4. The van der Waals surface area contributed by atoms with Crippen LogP contribution in [0.2, 0.25) is 0 Å². The van der Waals surface area contributed by atoms with E-state index in [-0.39, 0.29) is 43.5 Å². The summed E-state index contributed by atoms with van der Waals surface area (Å²) in [6.07, 6.45) is 1.33. The van der Waals surface area contributed by atoms with Crippen molar-refractivity contribution in [2.24, 2.45) is 0 Å². The molecule has 0 radical (unpaired) electrons. The number of carbonyl (C=O) groups excluding carboxylic acids is 1. The Morgan fingerprint density at radius 3 is 2.78 bits per heavy atom. The van der Waals surface area contributed by atoms with Crippen LogP contribution < -0.4 is 0 Å². The molecule has 0 saturated carbocycles. The smallest absolute Gasteiger partial charge is 0.305 e. The monoisotopic (exact) mass is 327 g/mol. The highest BCUT2D eigenvalue weighted by atomic mass is 19.2. The largest absolute Gasteiger partial charge is 0.481 e. The number of hydrogen-bond donors (Lipinski definition) is 1. The van der Waals surface area contributed by atoms with Crippen LogP contribution in [0.15, 0.2) is 18.2 Å². The highest BCUT2D eigenvalue weighted by Gasteiger charge is 2.24. The standard InChI is InChI=1S/C16H19F2NO4/c17-13-5-1-3-11(16(13)18)10-19(7-6-15(21)22)14(20)9-12-4-2-8-23-12/h1,3,5,12H,2,4,6-10H2,(H,21,22)/t12-/m0/s1. The van der Waals surface area contributed by atoms with Crippen molar-refractivity contribution < 1.29 is 28.2 Å². The third-order valence-electron chi connectivity index (χ3n) is 3.77. The lowest BCUT2D eigenvalue weighted by Gasteiger charge is -2.24. The molecular formula is C16H19F2NO4. The molecule has 1 N–H and O–H groups in total. The zero-order chi connectivity index (χ0) is 16.8. The highest BCUT2D eigenvalue weighted by Crippen LogP contribution is 2.19. The molecule has 1 atom stereocenters. The Labute approximate surface area is 132 Å². The first kappa shape index (κ1) is 17.3. The summed E-state index contributed by atoms with van der Waals surface area (Å²) in [5.74, 6) is -3.38. The van der Waals surface area contributed by atoms with Crippen LogP contribution in [0.4, 0.5) is 8.78 Å². The summed E-state index contributed by atoms with van der Waals surface area (Å²) in [7, 11) is 0. The molecule has 1 aliphatic heterocycles. The van der Waals surface area contributed by atoms with E-state index in [9.17, 15) is 18.4 Å². The van der Waals surface area contributed by atoms with Gasteiger partial charge in [0.05, 0.1) is 18.9 Å². The molecule has 1 amide bonds. The SMILES string of the molecule is O=C(O)CCN(Cc1cccc(F)c1F)C(=O)C[C@@H]1CCCO1. The van der Waals surface area contributed by atoms with E-state index in [4.69, 9.17) is 9.84 Å². The highest BCUT2D eigenvalue weighted by molar-refractivity contribution is 5.77. The summed E-state index contributed by atoms with van der Waals surface area (Å²) in [6.45, 7) is 0.380. The van der Waals surface area contributed by atoms with Crippen molar-refractivity contribution in [1.82, 2.24) is 4.90 Å². The van der Waals surface area contributed by atoms with E-state index in [0.29, 0.717) is 6.61 Å². The second kappa shape index (κ2) is 8.01. The molecule has 126 valence electrons. The summed E-state index contributed by atoms with van der Waals surface area (Å²) >= 11 is 0. The van der Waals surface area contributed by atoms with Crippen LogP contribution in [-0.2, 0) is 20.9 Å². The third kappa shape index (κ3) is 4.99. The average Bonchev–Trinajstić information content (AvgIpc) is 3.00. The summed E-state index contributed by atoms with van der Waals surface area (Å²) in [4.78, 5) is 24.3. The number of ether oxygens (including phenoxy) is 1. The molecule has 1 saturated heterocycles. The van der Waals surface area contributed by atoms with Crippen LogP contribution in [0.25, 0.3) is 0 Å². The van der Waals surface area contributed by atoms with Gasteiger partial charge in [0.2, 0.25) is 5.91 Å².